The first-order valence-corrected chi connectivity index (χ1v) is 3.94. The minimum atomic E-state index is 0.959. The topological polar surface area (TPSA) is 24.4 Å². The molecule has 0 amide bonds. The Labute approximate surface area is 61.7 Å². The summed E-state index contributed by atoms with van der Waals surface area (Å²) in [7, 11) is 1.86. The molecule has 42 valence electrons. The van der Waals surface area contributed by atoms with Crippen LogP contribution in [0.4, 0.5) is 0 Å². The van der Waals surface area contributed by atoms with Crippen molar-refractivity contribution in [1.82, 2.24) is 5.32 Å². The van der Waals surface area contributed by atoms with Crippen molar-refractivity contribution < 1.29 is 0 Å². The lowest BCUT2D eigenvalue weighted by Crippen LogP contribution is -2.11. The van der Waals surface area contributed by atoms with Crippen LogP contribution in [0, 0.1) is 0 Å². The number of nitrogens with zero attached hydrogens (tertiary/aromatic N) is 1. The molecule has 2 nitrogen and oxygen atoms in total. The molecule has 0 rings (SSSR count). The summed E-state index contributed by atoms with van der Waals surface area (Å²) in [5.41, 5.74) is 0. The molecule has 0 aliphatic rings. The molecule has 0 heterocycles. The predicted octanol–water partition coefficient (Wildman–Crippen LogP) is 1.27. The van der Waals surface area contributed by atoms with Gasteiger partial charge in [-0.2, -0.15) is 3.21 Å². The van der Waals surface area contributed by atoms with Crippen molar-refractivity contribution in [3.63, 3.8) is 0 Å². The molecule has 0 radical (unpaired) electrons. The summed E-state index contributed by atoms with van der Waals surface area (Å²) in [6.07, 6.45) is 1.98. The molecule has 0 spiro atoms. The lowest BCUT2D eigenvalue weighted by molar-refractivity contribution is 1.21. The van der Waals surface area contributed by atoms with Gasteiger partial charge >= 0.3 is 0 Å². The molecule has 0 aromatic heterocycles. The summed E-state index contributed by atoms with van der Waals surface area (Å²) < 4.78 is 3.86. The summed E-state index contributed by atoms with van der Waals surface area (Å²) in [5, 5.41) is 3.87. The van der Waals surface area contributed by atoms with Gasteiger partial charge in [-0.05, 0) is 6.26 Å². The zero-order chi connectivity index (χ0) is 5.70. The minimum absolute atomic E-state index is 0.959. The van der Waals surface area contributed by atoms with Crippen LogP contribution in [-0.4, -0.2) is 18.5 Å². The molecule has 0 aliphatic heterocycles. The monoisotopic (exact) mass is 230 g/mol. The molecular weight excluding hydrogens is 223 g/mol. The third kappa shape index (κ3) is 3.16. The third-order valence-electron chi connectivity index (χ3n) is 0.484. The maximum Gasteiger partial charge on any atom is 0.166 e. The molecule has 0 aromatic rings. The Kier molecular flexibility index (Phi) is 5.07. The SMILES string of the molecule is CNC(=NI)SC. The fourth-order valence-electron chi connectivity index (χ4n) is 0.179. The van der Waals surface area contributed by atoms with Crippen LogP contribution in [0.2, 0.25) is 0 Å². The average molecular weight is 230 g/mol. The fourth-order valence-corrected chi connectivity index (χ4v) is 1.28. The standard InChI is InChI=1S/C3H7IN2S/c1-5-3(6-4)7-2/h1-2H3,(H,5,6). The highest BCUT2D eigenvalue weighted by atomic mass is 127. The average Bonchev–Trinajstić information content (AvgIpc) is 1.72. The molecule has 1 N–H and O–H groups in total. The molecule has 0 fully saturated rings. The lowest BCUT2D eigenvalue weighted by Gasteiger charge is -1.94. The summed E-state index contributed by atoms with van der Waals surface area (Å²) >= 11 is 3.56. The van der Waals surface area contributed by atoms with Crippen LogP contribution in [0.5, 0.6) is 0 Å². The Morgan fingerprint density at radius 1 is 1.86 bits per heavy atom. The van der Waals surface area contributed by atoms with Gasteiger partial charge in [0.25, 0.3) is 0 Å². The van der Waals surface area contributed by atoms with Gasteiger partial charge in [0, 0.05) is 7.05 Å². The fraction of sp³-hybridized carbons (Fsp3) is 0.667. The van der Waals surface area contributed by atoms with Crippen molar-refractivity contribution in [1.29, 1.82) is 0 Å². The van der Waals surface area contributed by atoms with Gasteiger partial charge < -0.3 is 5.32 Å². The van der Waals surface area contributed by atoms with Gasteiger partial charge in [-0.25, -0.2) is 0 Å². The molecule has 0 bridgehead atoms. The smallest absolute Gasteiger partial charge is 0.166 e. The first kappa shape index (κ1) is 7.55. The highest BCUT2D eigenvalue weighted by Crippen LogP contribution is 1.96. The minimum Gasteiger partial charge on any atom is -0.367 e. The largest absolute Gasteiger partial charge is 0.367 e. The summed E-state index contributed by atoms with van der Waals surface area (Å²) in [5.74, 6) is 0. The van der Waals surface area contributed by atoms with E-state index in [0.29, 0.717) is 0 Å². The van der Waals surface area contributed by atoms with Gasteiger partial charge in [-0.1, -0.05) is 11.8 Å². The van der Waals surface area contributed by atoms with Crippen LogP contribution in [0.25, 0.3) is 0 Å². The molecule has 0 atom stereocenters. The number of hydrogen-bond donors (Lipinski definition) is 1. The number of thioether (sulfide) groups is 1. The van der Waals surface area contributed by atoms with Gasteiger partial charge in [-0.3, -0.25) is 0 Å². The Bertz CT molecular complexity index is 67.3. The van der Waals surface area contributed by atoms with Crippen molar-refractivity contribution in [3.8, 4) is 0 Å². The molecule has 0 aromatic carbocycles. The van der Waals surface area contributed by atoms with E-state index in [1.54, 1.807) is 11.8 Å². The van der Waals surface area contributed by atoms with E-state index in [1.807, 2.05) is 36.2 Å². The second-order valence-electron chi connectivity index (χ2n) is 0.844. The second-order valence-corrected chi connectivity index (χ2v) is 2.12. The maximum absolute atomic E-state index is 3.86. The number of halogens is 1. The first-order valence-electron chi connectivity index (χ1n) is 1.76. The Balaban J connectivity index is 3.38. The van der Waals surface area contributed by atoms with Crippen molar-refractivity contribution in [3.05, 3.63) is 0 Å². The normalized spacial score (nSPS) is 11.6. The number of hydrogen-bond acceptors (Lipinski definition) is 2. The predicted molar refractivity (Wildman–Crippen MR) is 44.0 cm³/mol. The van der Waals surface area contributed by atoms with Crippen LogP contribution in [0.15, 0.2) is 3.21 Å². The Hall–Kier alpha value is 0.550. The van der Waals surface area contributed by atoms with Crippen molar-refractivity contribution in [2.75, 3.05) is 13.3 Å². The van der Waals surface area contributed by atoms with E-state index >= 15 is 0 Å². The van der Waals surface area contributed by atoms with Gasteiger partial charge in [0.05, 0.1) is 22.9 Å². The van der Waals surface area contributed by atoms with Gasteiger partial charge in [-0.15, -0.1) is 0 Å². The number of rotatable bonds is 0. The van der Waals surface area contributed by atoms with Crippen LogP contribution >= 0.6 is 34.6 Å². The summed E-state index contributed by atoms with van der Waals surface area (Å²) in [6.45, 7) is 0. The van der Waals surface area contributed by atoms with E-state index in [-0.39, 0.29) is 0 Å². The van der Waals surface area contributed by atoms with Crippen LogP contribution in [0.3, 0.4) is 0 Å². The van der Waals surface area contributed by atoms with Crippen molar-refractivity contribution in [2.24, 2.45) is 3.21 Å². The summed E-state index contributed by atoms with van der Waals surface area (Å²) in [6, 6.07) is 0. The quantitative estimate of drug-likeness (QED) is 0.385. The number of amidine groups is 1. The zero-order valence-corrected chi connectivity index (χ0v) is 7.21. The van der Waals surface area contributed by atoms with E-state index in [1.165, 1.54) is 0 Å². The zero-order valence-electron chi connectivity index (χ0n) is 4.23. The first-order chi connectivity index (χ1) is 3.35. The van der Waals surface area contributed by atoms with Gasteiger partial charge in [0.2, 0.25) is 0 Å². The number of nitrogens with one attached hydrogen (secondary N) is 1. The van der Waals surface area contributed by atoms with Gasteiger partial charge in [0.15, 0.2) is 5.17 Å². The van der Waals surface area contributed by atoms with Crippen LogP contribution in [-0.2, 0) is 0 Å². The molecular formula is C3H7IN2S. The van der Waals surface area contributed by atoms with E-state index in [9.17, 15) is 0 Å². The lowest BCUT2D eigenvalue weighted by atomic mass is 11.2. The summed E-state index contributed by atoms with van der Waals surface area (Å²) in [4.78, 5) is 0. The van der Waals surface area contributed by atoms with E-state index in [0.717, 1.165) is 5.17 Å². The molecule has 0 saturated heterocycles. The van der Waals surface area contributed by atoms with Crippen molar-refractivity contribution in [2.45, 2.75) is 0 Å². The molecule has 0 unspecified atom stereocenters. The van der Waals surface area contributed by atoms with Crippen LogP contribution in [0.1, 0.15) is 0 Å². The van der Waals surface area contributed by atoms with E-state index in [2.05, 4.69) is 8.52 Å². The van der Waals surface area contributed by atoms with Crippen LogP contribution < -0.4 is 5.32 Å². The van der Waals surface area contributed by atoms with E-state index < -0.39 is 0 Å². The Morgan fingerprint density at radius 3 is 2.43 bits per heavy atom. The second kappa shape index (κ2) is 4.70. The molecule has 4 heteroatoms. The Morgan fingerprint density at radius 2 is 2.43 bits per heavy atom. The van der Waals surface area contributed by atoms with E-state index in [4.69, 9.17) is 0 Å². The van der Waals surface area contributed by atoms with Crippen molar-refractivity contribution >= 4 is 39.8 Å². The maximum atomic E-state index is 3.86. The third-order valence-corrected chi connectivity index (χ3v) is 1.98. The molecule has 0 saturated carbocycles. The molecule has 0 aliphatic carbocycles. The molecule has 7 heavy (non-hydrogen) atoms. The van der Waals surface area contributed by atoms with Gasteiger partial charge in [0.1, 0.15) is 0 Å². The highest BCUT2D eigenvalue weighted by molar-refractivity contribution is 14.1. The highest BCUT2D eigenvalue weighted by Gasteiger charge is 1.84.